The summed E-state index contributed by atoms with van der Waals surface area (Å²) in [5.41, 5.74) is 1.39. The van der Waals surface area contributed by atoms with Crippen LogP contribution in [-0.2, 0) is 16.2 Å². The van der Waals surface area contributed by atoms with E-state index in [0.29, 0.717) is 22.9 Å². The number of rotatable bonds is 4. The minimum absolute atomic E-state index is 0.0198. The molecule has 1 saturated heterocycles. The lowest BCUT2D eigenvalue weighted by Crippen LogP contribution is -2.51. The van der Waals surface area contributed by atoms with Gasteiger partial charge in [-0.15, -0.1) is 0 Å². The van der Waals surface area contributed by atoms with Crippen LogP contribution in [0.1, 0.15) is 11.1 Å². The lowest BCUT2D eigenvalue weighted by Gasteiger charge is -2.17. The Hall–Kier alpha value is -2.22. The van der Waals surface area contributed by atoms with Crippen molar-refractivity contribution >= 4 is 62.8 Å². The highest BCUT2D eigenvalue weighted by Gasteiger charge is 2.26. The molecule has 0 radical (unpaired) electrons. The summed E-state index contributed by atoms with van der Waals surface area (Å²) in [5, 5.41) is 5.22. The average molecular weight is 452 g/mol. The first-order chi connectivity index (χ1) is 12.4. The van der Waals surface area contributed by atoms with Gasteiger partial charge in [-0.3, -0.25) is 20.2 Å². The molecule has 26 heavy (non-hydrogen) atoms. The van der Waals surface area contributed by atoms with Crippen LogP contribution < -0.4 is 15.4 Å². The third-order valence-corrected chi connectivity index (χ3v) is 4.77. The first-order valence-electron chi connectivity index (χ1n) is 7.48. The highest BCUT2D eigenvalue weighted by Crippen LogP contribution is 2.27. The number of nitrogens with one attached hydrogen (secondary N) is 2. The zero-order valence-corrected chi connectivity index (χ0v) is 16.4. The molecule has 0 aliphatic carbocycles. The van der Waals surface area contributed by atoms with E-state index in [1.807, 2.05) is 24.3 Å². The van der Waals surface area contributed by atoms with Crippen molar-refractivity contribution < 1.29 is 14.3 Å². The number of amides is 2. The Labute approximate surface area is 168 Å². The summed E-state index contributed by atoms with van der Waals surface area (Å²) < 4.78 is 6.79. The molecule has 2 aromatic rings. The third kappa shape index (κ3) is 4.30. The number of thiocarbonyl (C=S) groups is 1. The van der Waals surface area contributed by atoms with Crippen LogP contribution in [0.5, 0.6) is 5.75 Å². The van der Waals surface area contributed by atoms with Gasteiger partial charge in [-0.2, -0.15) is 0 Å². The summed E-state index contributed by atoms with van der Waals surface area (Å²) in [6.45, 7) is 0.307. The summed E-state index contributed by atoms with van der Waals surface area (Å²) >= 11 is 14.3. The standard InChI is InChI=1S/C18H12BrClN2O3S/c19-14-4-2-1-3-10(14)9-25-15-6-5-12(20)7-11(15)8-13-16(23)21-18(26)22-17(13)24/h1-8H,9H2,(H2,21,22,23,24,26). The predicted molar refractivity (Wildman–Crippen MR) is 107 cm³/mol. The summed E-state index contributed by atoms with van der Waals surface area (Å²) in [5.74, 6) is -0.655. The van der Waals surface area contributed by atoms with Crippen LogP contribution in [0, 0.1) is 0 Å². The van der Waals surface area contributed by atoms with Gasteiger partial charge in [-0.05, 0) is 42.6 Å². The summed E-state index contributed by atoms with van der Waals surface area (Å²) in [7, 11) is 0. The van der Waals surface area contributed by atoms with Gasteiger partial charge in [0.05, 0.1) is 0 Å². The molecular weight excluding hydrogens is 440 g/mol. The number of ether oxygens (including phenoxy) is 1. The molecule has 0 saturated carbocycles. The lowest BCUT2D eigenvalue weighted by molar-refractivity contribution is -0.123. The summed E-state index contributed by atoms with van der Waals surface area (Å²) in [6.07, 6.45) is 1.42. The van der Waals surface area contributed by atoms with E-state index in [4.69, 9.17) is 28.6 Å². The van der Waals surface area contributed by atoms with Gasteiger partial charge in [0.15, 0.2) is 5.11 Å². The lowest BCUT2D eigenvalue weighted by atomic mass is 10.1. The molecule has 1 heterocycles. The second-order valence-electron chi connectivity index (χ2n) is 5.36. The largest absolute Gasteiger partial charge is 0.488 e. The smallest absolute Gasteiger partial charge is 0.263 e. The predicted octanol–water partition coefficient (Wildman–Crippen LogP) is 3.60. The number of halogens is 2. The average Bonchev–Trinajstić information content (AvgIpc) is 2.58. The molecule has 132 valence electrons. The molecule has 1 aliphatic rings. The number of benzene rings is 2. The van der Waals surface area contributed by atoms with Gasteiger partial charge in [-0.1, -0.05) is 45.7 Å². The Kier molecular flexibility index (Phi) is 5.70. The van der Waals surface area contributed by atoms with Crippen LogP contribution in [0.4, 0.5) is 0 Å². The van der Waals surface area contributed by atoms with Gasteiger partial charge in [0, 0.05) is 20.6 Å². The molecule has 2 amide bonds. The van der Waals surface area contributed by atoms with Crippen molar-refractivity contribution in [3.05, 3.63) is 68.7 Å². The van der Waals surface area contributed by atoms with E-state index in [-0.39, 0.29) is 10.7 Å². The molecular formula is C18H12BrClN2O3S. The second kappa shape index (κ2) is 7.99. The number of hydrogen-bond donors (Lipinski definition) is 2. The first kappa shape index (κ1) is 18.6. The SMILES string of the molecule is O=C1NC(=S)NC(=O)C1=Cc1cc(Cl)ccc1OCc1ccccc1Br. The van der Waals surface area contributed by atoms with Crippen LogP contribution in [0.15, 0.2) is 52.5 Å². The van der Waals surface area contributed by atoms with Gasteiger partial charge in [0.25, 0.3) is 11.8 Å². The summed E-state index contributed by atoms with van der Waals surface area (Å²) in [6, 6.07) is 12.7. The van der Waals surface area contributed by atoms with E-state index in [9.17, 15) is 9.59 Å². The van der Waals surface area contributed by atoms with Crippen molar-refractivity contribution in [2.45, 2.75) is 6.61 Å². The molecule has 1 fully saturated rings. The van der Waals surface area contributed by atoms with Crippen LogP contribution in [-0.4, -0.2) is 16.9 Å². The second-order valence-corrected chi connectivity index (χ2v) is 7.06. The van der Waals surface area contributed by atoms with Crippen LogP contribution in [0.25, 0.3) is 6.08 Å². The Morgan fingerprint density at radius 1 is 1.12 bits per heavy atom. The highest BCUT2D eigenvalue weighted by atomic mass is 79.9. The minimum atomic E-state index is -0.574. The van der Waals surface area contributed by atoms with Crippen molar-refractivity contribution in [1.29, 1.82) is 0 Å². The normalized spacial score (nSPS) is 13.9. The number of carbonyl (C=O) groups is 2. The molecule has 0 atom stereocenters. The van der Waals surface area contributed by atoms with E-state index in [1.54, 1.807) is 18.2 Å². The van der Waals surface area contributed by atoms with E-state index < -0.39 is 11.8 Å². The van der Waals surface area contributed by atoms with Gasteiger partial charge in [0.2, 0.25) is 0 Å². The Bertz CT molecular complexity index is 924. The van der Waals surface area contributed by atoms with E-state index >= 15 is 0 Å². The highest BCUT2D eigenvalue weighted by molar-refractivity contribution is 9.10. The molecule has 8 heteroatoms. The molecule has 0 bridgehead atoms. The fourth-order valence-electron chi connectivity index (χ4n) is 2.30. The van der Waals surface area contributed by atoms with Crippen molar-refractivity contribution in [1.82, 2.24) is 10.6 Å². The molecule has 0 aromatic heterocycles. The summed E-state index contributed by atoms with van der Waals surface area (Å²) in [4.78, 5) is 24.1. The van der Waals surface area contributed by atoms with Gasteiger partial charge < -0.3 is 4.74 Å². The fourth-order valence-corrected chi connectivity index (χ4v) is 3.06. The number of hydrogen-bond acceptors (Lipinski definition) is 4. The Morgan fingerprint density at radius 3 is 2.50 bits per heavy atom. The third-order valence-electron chi connectivity index (χ3n) is 3.56. The molecule has 5 nitrogen and oxygen atoms in total. The van der Waals surface area contributed by atoms with Gasteiger partial charge in [-0.25, -0.2) is 0 Å². The molecule has 2 N–H and O–H groups in total. The van der Waals surface area contributed by atoms with Crippen LogP contribution in [0.2, 0.25) is 5.02 Å². The zero-order chi connectivity index (χ0) is 18.7. The Balaban J connectivity index is 1.90. The molecule has 2 aromatic carbocycles. The maximum absolute atomic E-state index is 12.0. The van der Waals surface area contributed by atoms with E-state index in [0.717, 1.165) is 10.0 Å². The van der Waals surface area contributed by atoms with Gasteiger partial charge >= 0.3 is 0 Å². The first-order valence-corrected chi connectivity index (χ1v) is 9.06. The van der Waals surface area contributed by atoms with Crippen molar-refractivity contribution in [2.24, 2.45) is 0 Å². The van der Waals surface area contributed by atoms with Crippen LogP contribution in [0.3, 0.4) is 0 Å². The quantitative estimate of drug-likeness (QED) is 0.423. The van der Waals surface area contributed by atoms with Gasteiger partial charge in [0.1, 0.15) is 17.9 Å². The molecule has 0 spiro atoms. The number of carbonyl (C=O) groups excluding carboxylic acids is 2. The van der Waals surface area contributed by atoms with Crippen LogP contribution >= 0.6 is 39.7 Å². The molecule has 3 rings (SSSR count). The monoisotopic (exact) mass is 450 g/mol. The van der Waals surface area contributed by atoms with Crippen molar-refractivity contribution in [3.63, 3.8) is 0 Å². The zero-order valence-electron chi connectivity index (χ0n) is 13.2. The van der Waals surface area contributed by atoms with Crippen molar-refractivity contribution in [2.75, 3.05) is 0 Å². The molecule has 1 aliphatic heterocycles. The maximum atomic E-state index is 12.0. The van der Waals surface area contributed by atoms with E-state index in [2.05, 4.69) is 26.6 Å². The van der Waals surface area contributed by atoms with Crippen molar-refractivity contribution in [3.8, 4) is 5.75 Å². The fraction of sp³-hybridized carbons (Fsp3) is 0.0556. The van der Waals surface area contributed by atoms with E-state index in [1.165, 1.54) is 6.08 Å². The maximum Gasteiger partial charge on any atom is 0.263 e. The topological polar surface area (TPSA) is 67.4 Å². The minimum Gasteiger partial charge on any atom is -0.488 e. The molecule has 0 unspecified atom stereocenters. The Morgan fingerprint density at radius 2 is 1.81 bits per heavy atom.